The summed E-state index contributed by atoms with van der Waals surface area (Å²) in [5.41, 5.74) is 0.112. The molecule has 0 saturated carbocycles. The van der Waals surface area contributed by atoms with E-state index in [4.69, 9.17) is 16.1 Å². The lowest BCUT2D eigenvalue weighted by Gasteiger charge is -2.35. The molecule has 134 valence electrons. The third-order valence-electron chi connectivity index (χ3n) is 4.52. The zero-order chi connectivity index (χ0) is 18.0. The molecule has 1 aromatic heterocycles. The number of benzene rings is 1. The van der Waals surface area contributed by atoms with Crippen LogP contribution in [0, 0.1) is 11.2 Å². The van der Waals surface area contributed by atoms with Crippen molar-refractivity contribution in [1.82, 2.24) is 15.0 Å². The molecule has 1 fully saturated rings. The Hall–Kier alpha value is -1.95. The normalized spacial score (nSPS) is 18.4. The van der Waals surface area contributed by atoms with E-state index in [0.29, 0.717) is 30.4 Å². The van der Waals surface area contributed by atoms with Gasteiger partial charge in [0.05, 0.1) is 11.3 Å². The number of carbonyl (C=O) groups is 1. The molecule has 7 heteroatoms. The Balaban J connectivity index is 1.74. The average Bonchev–Trinajstić information content (AvgIpc) is 3.12. The van der Waals surface area contributed by atoms with Crippen LogP contribution in [0.25, 0.3) is 11.4 Å². The number of piperidine rings is 1. The second-order valence-corrected chi connectivity index (χ2v) is 7.34. The van der Waals surface area contributed by atoms with Crippen LogP contribution in [0.5, 0.6) is 0 Å². The van der Waals surface area contributed by atoms with Gasteiger partial charge in [-0.15, -0.1) is 11.6 Å². The van der Waals surface area contributed by atoms with Crippen molar-refractivity contribution in [2.75, 3.05) is 19.0 Å². The fraction of sp³-hybridized carbons (Fsp3) is 0.500. The van der Waals surface area contributed by atoms with Gasteiger partial charge in [-0.3, -0.25) is 4.79 Å². The molecule has 1 amide bonds. The first-order chi connectivity index (χ1) is 11.9. The third-order valence-corrected chi connectivity index (χ3v) is 5.18. The molecule has 0 aliphatic carbocycles. The minimum atomic E-state index is -0.586. The molecular weight excluding hydrogens is 345 g/mol. The molecule has 0 bridgehead atoms. The van der Waals surface area contributed by atoms with Gasteiger partial charge >= 0.3 is 0 Å². The van der Waals surface area contributed by atoms with Crippen LogP contribution in [0.15, 0.2) is 28.8 Å². The molecular formula is C18H21ClFN3O2. The van der Waals surface area contributed by atoms with E-state index in [-0.39, 0.29) is 23.5 Å². The number of carbonyl (C=O) groups excluding carboxylic acids is 1. The van der Waals surface area contributed by atoms with Crippen LogP contribution in [0.2, 0.25) is 0 Å². The first kappa shape index (κ1) is 17.9. The molecule has 1 unspecified atom stereocenters. The van der Waals surface area contributed by atoms with Gasteiger partial charge in [-0.1, -0.05) is 5.16 Å². The summed E-state index contributed by atoms with van der Waals surface area (Å²) in [7, 11) is 0. The smallest absolute Gasteiger partial charge is 0.231 e. The number of amides is 1. The Kier molecular flexibility index (Phi) is 5.08. The van der Waals surface area contributed by atoms with Crippen molar-refractivity contribution in [2.24, 2.45) is 5.41 Å². The molecule has 1 atom stereocenters. The Morgan fingerprint density at radius 1 is 1.40 bits per heavy atom. The molecule has 0 N–H and O–H groups in total. The molecule has 1 saturated heterocycles. The first-order valence-electron chi connectivity index (χ1n) is 8.35. The predicted octanol–water partition coefficient (Wildman–Crippen LogP) is 3.85. The highest BCUT2D eigenvalue weighted by Crippen LogP contribution is 2.30. The number of hydrogen-bond acceptors (Lipinski definition) is 4. The monoisotopic (exact) mass is 365 g/mol. The summed E-state index contributed by atoms with van der Waals surface area (Å²) in [5.74, 6) is 0.967. The summed E-state index contributed by atoms with van der Waals surface area (Å²) in [6, 6.07) is 5.95. The Morgan fingerprint density at radius 3 is 2.80 bits per heavy atom. The lowest BCUT2D eigenvalue weighted by atomic mass is 9.91. The summed E-state index contributed by atoms with van der Waals surface area (Å²) in [5, 5.41) is 3.99. The van der Waals surface area contributed by atoms with Gasteiger partial charge < -0.3 is 9.42 Å². The molecule has 1 aromatic carbocycles. The lowest BCUT2D eigenvalue weighted by molar-refractivity contribution is -0.140. The van der Waals surface area contributed by atoms with Gasteiger partial charge in [0, 0.05) is 24.5 Å². The van der Waals surface area contributed by atoms with E-state index in [1.165, 1.54) is 12.1 Å². The largest absolute Gasteiger partial charge is 0.341 e. The van der Waals surface area contributed by atoms with E-state index in [1.807, 2.05) is 18.7 Å². The molecule has 0 radical (unpaired) electrons. The number of aromatic nitrogens is 2. The molecule has 2 aromatic rings. The summed E-state index contributed by atoms with van der Waals surface area (Å²) in [4.78, 5) is 18.9. The van der Waals surface area contributed by atoms with Crippen LogP contribution in [-0.2, 0) is 4.79 Å². The van der Waals surface area contributed by atoms with E-state index >= 15 is 0 Å². The Morgan fingerprint density at radius 2 is 2.12 bits per heavy atom. The van der Waals surface area contributed by atoms with Crippen LogP contribution < -0.4 is 0 Å². The quantitative estimate of drug-likeness (QED) is 0.772. The maximum Gasteiger partial charge on any atom is 0.231 e. The molecule has 1 aliphatic heterocycles. The van der Waals surface area contributed by atoms with Crippen LogP contribution >= 0.6 is 11.6 Å². The summed E-state index contributed by atoms with van der Waals surface area (Å²) < 4.78 is 18.4. The maximum atomic E-state index is 13.0. The second-order valence-electron chi connectivity index (χ2n) is 7.07. The van der Waals surface area contributed by atoms with Crippen molar-refractivity contribution in [3.8, 4) is 11.4 Å². The zero-order valence-electron chi connectivity index (χ0n) is 14.3. The number of rotatable bonds is 4. The minimum Gasteiger partial charge on any atom is -0.341 e. The molecule has 25 heavy (non-hydrogen) atoms. The van der Waals surface area contributed by atoms with Crippen molar-refractivity contribution < 1.29 is 13.7 Å². The maximum absolute atomic E-state index is 13.0. The molecule has 1 aliphatic rings. The summed E-state index contributed by atoms with van der Waals surface area (Å²) >= 11 is 5.93. The van der Waals surface area contributed by atoms with Crippen LogP contribution in [0.4, 0.5) is 4.39 Å². The predicted molar refractivity (Wildman–Crippen MR) is 92.7 cm³/mol. The third kappa shape index (κ3) is 3.84. The molecule has 0 spiro atoms. The average molecular weight is 366 g/mol. The van der Waals surface area contributed by atoms with Gasteiger partial charge in [-0.05, 0) is 51.0 Å². The Labute approximate surface area is 151 Å². The fourth-order valence-electron chi connectivity index (χ4n) is 2.97. The van der Waals surface area contributed by atoms with Gasteiger partial charge in [-0.2, -0.15) is 4.98 Å². The highest BCUT2D eigenvalue weighted by molar-refractivity contribution is 6.19. The lowest BCUT2D eigenvalue weighted by Crippen LogP contribution is -2.46. The van der Waals surface area contributed by atoms with Crippen molar-refractivity contribution >= 4 is 17.5 Å². The first-order valence-corrected chi connectivity index (χ1v) is 8.89. The van der Waals surface area contributed by atoms with E-state index in [9.17, 15) is 9.18 Å². The van der Waals surface area contributed by atoms with E-state index in [2.05, 4.69) is 10.1 Å². The zero-order valence-corrected chi connectivity index (χ0v) is 15.1. The highest BCUT2D eigenvalue weighted by Gasteiger charge is 2.35. The van der Waals surface area contributed by atoms with Gasteiger partial charge in [0.15, 0.2) is 0 Å². The molecule has 5 nitrogen and oxygen atoms in total. The SMILES string of the molecule is CC(C)(CCl)C(=O)N1CCCC(c2nc(-c3ccc(F)cc3)no2)C1. The number of hydrogen-bond donors (Lipinski definition) is 0. The number of nitrogens with zero attached hydrogens (tertiary/aromatic N) is 3. The Bertz CT molecular complexity index is 745. The number of likely N-dealkylation sites (tertiary alicyclic amines) is 1. The number of halogens is 2. The van der Waals surface area contributed by atoms with Crippen LogP contribution in [0.1, 0.15) is 38.5 Å². The second kappa shape index (κ2) is 7.12. The summed E-state index contributed by atoms with van der Waals surface area (Å²) in [6.45, 7) is 4.97. The fourth-order valence-corrected chi connectivity index (χ4v) is 3.08. The van der Waals surface area contributed by atoms with Crippen molar-refractivity contribution in [3.05, 3.63) is 36.0 Å². The highest BCUT2D eigenvalue weighted by atomic mass is 35.5. The minimum absolute atomic E-state index is 0.00511. The van der Waals surface area contributed by atoms with Gasteiger partial charge in [0.25, 0.3) is 0 Å². The molecule has 2 heterocycles. The van der Waals surface area contributed by atoms with Gasteiger partial charge in [-0.25, -0.2) is 4.39 Å². The number of alkyl halides is 1. The summed E-state index contributed by atoms with van der Waals surface area (Å²) in [6.07, 6.45) is 1.76. The topological polar surface area (TPSA) is 59.2 Å². The molecule has 3 rings (SSSR count). The van der Waals surface area contributed by atoms with Crippen LogP contribution in [0.3, 0.4) is 0 Å². The van der Waals surface area contributed by atoms with Crippen molar-refractivity contribution in [1.29, 1.82) is 0 Å². The standard InChI is InChI=1S/C18H21ClFN3O2/c1-18(2,11-19)17(24)23-9-3-4-13(10-23)16-21-15(22-25-16)12-5-7-14(20)8-6-12/h5-8,13H,3-4,9-11H2,1-2H3. The van der Waals surface area contributed by atoms with Crippen molar-refractivity contribution in [3.63, 3.8) is 0 Å². The van der Waals surface area contributed by atoms with E-state index in [1.54, 1.807) is 12.1 Å². The van der Waals surface area contributed by atoms with Crippen LogP contribution in [-0.4, -0.2) is 39.9 Å². The van der Waals surface area contributed by atoms with E-state index < -0.39 is 5.41 Å². The van der Waals surface area contributed by atoms with Gasteiger partial charge in [0.2, 0.25) is 17.6 Å². The van der Waals surface area contributed by atoms with Crippen molar-refractivity contribution in [2.45, 2.75) is 32.6 Å². The van der Waals surface area contributed by atoms with Gasteiger partial charge in [0.1, 0.15) is 5.82 Å². The van der Waals surface area contributed by atoms with E-state index in [0.717, 1.165) is 12.8 Å².